The third-order valence-electron chi connectivity index (χ3n) is 5.64. The van der Waals surface area contributed by atoms with E-state index in [0.29, 0.717) is 12.1 Å². The first-order chi connectivity index (χ1) is 14.7. The Morgan fingerprint density at radius 2 is 1.57 bits per heavy atom. The molecule has 0 aromatic heterocycles. The van der Waals surface area contributed by atoms with E-state index in [2.05, 4.69) is 28.0 Å². The maximum atomic E-state index is 14.4. The van der Waals surface area contributed by atoms with Crippen LogP contribution in [0.1, 0.15) is 29.3 Å². The van der Waals surface area contributed by atoms with E-state index >= 15 is 0 Å². The van der Waals surface area contributed by atoms with Crippen molar-refractivity contribution in [3.63, 3.8) is 0 Å². The fraction of sp³-hybridized carbons (Fsp3) is 0.280. The second-order valence-corrected chi connectivity index (χ2v) is 8.03. The first-order valence-electron chi connectivity index (χ1n) is 10.2. The molecule has 30 heavy (non-hydrogen) atoms. The zero-order valence-electron chi connectivity index (χ0n) is 17.1. The number of halogens is 2. The van der Waals surface area contributed by atoms with E-state index in [1.54, 1.807) is 13.2 Å². The lowest BCUT2D eigenvalue weighted by atomic mass is 10.0. The Morgan fingerprint density at radius 1 is 0.900 bits per heavy atom. The molecule has 0 saturated carbocycles. The number of methoxy groups -OCH3 is 1. The number of hydrogen-bond donors (Lipinski definition) is 0. The summed E-state index contributed by atoms with van der Waals surface area (Å²) in [7, 11) is 1.68. The Kier molecular flexibility index (Phi) is 6.68. The standard InChI is InChI=1S/C25H26ClFN2O/c1-30-22-11-6-10-19(16-22)25-28(17-20-8-2-4-12-23(20)26)14-7-15-29(25)18-21-9-3-5-13-24(21)27/h2-6,8-13,16,25H,7,14-15,17-18H2,1H3/t25-/m0/s1. The first-order valence-corrected chi connectivity index (χ1v) is 10.6. The highest BCUT2D eigenvalue weighted by Gasteiger charge is 2.31. The van der Waals surface area contributed by atoms with Gasteiger partial charge in [0.2, 0.25) is 0 Å². The van der Waals surface area contributed by atoms with Gasteiger partial charge in [-0.2, -0.15) is 0 Å². The van der Waals surface area contributed by atoms with Crippen LogP contribution in [-0.2, 0) is 13.1 Å². The molecule has 1 aliphatic heterocycles. The Balaban J connectivity index is 1.69. The Morgan fingerprint density at radius 3 is 2.27 bits per heavy atom. The molecule has 0 N–H and O–H groups in total. The summed E-state index contributed by atoms with van der Waals surface area (Å²) in [6.45, 7) is 3.12. The molecule has 5 heteroatoms. The van der Waals surface area contributed by atoms with E-state index in [1.165, 1.54) is 6.07 Å². The van der Waals surface area contributed by atoms with Gasteiger partial charge >= 0.3 is 0 Å². The topological polar surface area (TPSA) is 15.7 Å². The van der Waals surface area contributed by atoms with Gasteiger partial charge in [0.15, 0.2) is 0 Å². The summed E-state index contributed by atoms with van der Waals surface area (Å²) in [4.78, 5) is 4.76. The number of rotatable bonds is 6. The quantitative estimate of drug-likeness (QED) is 0.490. The van der Waals surface area contributed by atoms with E-state index < -0.39 is 0 Å². The van der Waals surface area contributed by atoms with Gasteiger partial charge in [-0.15, -0.1) is 0 Å². The molecular weight excluding hydrogens is 399 g/mol. The largest absolute Gasteiger partial charge is 0.497 e. The molecule has 0 spiro atoms. The first kappa shape index (κ1) is 20.9. The Labute approximate surface area is 182 Å². The van der Waals surface area contributed by atoms with E-state index in [1.807, 2.05) is 42.5 Å². The number of nitrogens with zero attached hydrogens (tertiary/aromatic N) is 2. The molecule has 4 rings (SSSR count). The molecule has 3 nitrogen and oxygen atoms in total. The van der Waals surface area contributed by atoms with Crippen LogP contribution in [-0.4, -0.2) is 30.0 Å². The molecule has 0 bridgehead atoms. The highest BCUT2D eigenvalue weighted by atomic mass is 35.5. The zero-order chi connectivity index (χ0) is 20.9. The maximum absolute atomic E-state index is 14.4. The molecule has 3 aromatic carbocycles. The smallest absolute Gasteiger partial charge is 0.127 e. The van der Waals surface area contributed by atoms with Crippen molar-refractivity contribution in [2.24, 2.45) is 0 Å². The van der Waals surface area contributed by atoms with Crippen molar-refractivity contribution in [2.75, 3.05) is 20.2 Å². The van der Waals surface area contributed by atoms with Gasteiger partial charge in [-0.25, -0.2) is 4.39 Å². The van der Waals surface area contributed by atoms with Crippen LogP contribution < -0.4 is 4.74 Å². The van der Waals surface area contributed by atoms with Gasteiger partial charge in [-0.05, 0) is 41.8 Å². The van der Waals surface area contributed by atoms with Gasteiger partial charge in [-0.1, -0.05) is 60.1 Å². The van der Waals surface area contributed by atoms with E-state index in [0.717, 1.165) is 48.0 Å². The predicted octanol–water partition coefficient (Wildman–Crippen LogP) is 5.89. The van der Waals surface area contributed by atoms with E-state index in [4.69, 9.17) is 16.3 Å². The van der Waals surface area contributed by atoms with Gasteiger partial charge in [0.25, 0.3) is 0 Å². The van der Waals surface area contributed by atoms with Crippen LogP contribution in [0.5, 0.6) is 5.75 Å². The molecule has 1 atom stereocenters. The lowest BCUT2D eigenvalue weighted by molar-refractivity contribution is -0.00971. The summed E-state index contributed by atoms with van der Waals surface area (Å²) in [5, 5.41) is 0.771. The van der Waals surface area contributed by atoms with Crippen LogP contribution in [0.3, 0.4) is 0 Å². The number of hydrogen-bond acceptors (Lipinski definition) is 3. The van der Waals surface area contributed by atoms with Crippen LogP contribution in [0.4, 0.5) is 4.39 Å². The molecule has 0 amide bonds. The van der Waals surface area contributed by atoms with Crippen LogP contribution in [0.25, 0.3) is 0 Å². The second-order valence-electron chi connectivity index (χ2n) is 7.63. The minimum absolute atomic E-state index is 0.00438. The fourth-order valence-electron chi connectivity index (χ4n) is 4.20. The maximum Gasteiger partial charge on any atom is 0.127 e. The van der Waals surface area contributed by atoms with Crippen molar-refractivity contribution in [1.82, 2.24) is 9.80 Å². The summed E-state index contributed by atoms with van der Waals surface area (Å²) in [6, 6.07) is 23.1. The van der Waals surface area contributed by atoms with Gasteiger partial charge < -0.3 is 4.74 Å². The Hall–Kier alpha value is -2.40. The summed E-state index contributed by atoms with van der Waals surface area (Å²) in [5.74, 6) is 0.659. The molecule has 0 unspecified atom stereocenters. The molecule has 1 heterocycles. The monoisotopic (exact) mass is 424 g/mol. The minimum Gasteiger partial charge on any atom is -0.497 e. The van der Waals surface area contributed by atoms with Crippen LogP contribution in [0, 0.1) is 5.82 Å². The van der Waals surface area contributed by atoms with Crippen LogP contribution in [0.15, 0.2) is 72.8 Å². The molecule has 0 aliphatic carbocycles. The van der Waals surface area contributed by atoms with Gasteiger partial charge in [-0.3, -0.25) is 9.80 Å². The average molecular weight is 425 g/mol. The van der Waals surface area contributed by atoms with Crippen molar-refractivity contribution in [2.45, 2.75) is 25.7 Å². The van der Waals surface area contributed by atoms with Crippen molar-refractivity contribution in [1.29, 1.82) is 0 Å². The third kappa shape index (κ3) is 4.67. The summed E-state index contributed by atoms with van der Waals surface area (Å²) < 4.78 is 19.9. The average Bonchev–Trinajstić information content (AvgIpc) is 2.77. The molecule has 1 aliphatic rings. The van der Waals surface area contributed by atoms with Crippen molar-refractivity contribution < 1.29 is 9.13 Å². The van der Waals surface area contributed by atoms with Crippen molar-refractivity contribution in [3.05, 3.63) is 100 Å². The highest BCUT2D eigenvalue weighted by Crippen LogP contribution is 2.34. The SMILES string of the molecule is COc1cccc([C@@H]2N(Cc3ccccc3F)CCCN2Cc2ccccc2Cl)c1. The Bertz CT molecular complexity index is 941. The van der Waals surface area contributed by atoms with Gasteiger partial charge in [0.1, 0.15) is 11.6 Å². The highest BCUT2D eigenvalue weighted by molar-refractivity contribution is 6.31. The van der Waals surface area contributed by atoms with E-state index in [-0.39, 0.29) is 12.0 Å². The number of benzene rings is 3. The summed E-state index contributed by atoms with van der Waals surface area (Å²) >= 11 is 6.46. The molecule has 156 valence electrons. The fourth-order valence-corrected chi connectivity index (χ4v) is 4.39. The van der Waals surface area contributed by atoms with Crippen molar-refractivity contribution in [3.8, 4) is 5.75 Å². The lowest BCUT2D eigenvalue weighted by Crippen LogP contribution is -2.47. The molecule has 3 aromatic rings. The molecule has 1 saturated heterocycles. The normalized spacial score (nSPS) is 17.8. The summed E-state index contributed by atoms with van der Waals surface area (Å²) in [5.41, 5.74) is 2.95. The summed E-state index contributed by atoms with van der Waals surface area (Å²) in [6.07, 6.45) is 1.02. The molecule has 0 radical (unpaired) electrons. The van der Waals surface area contributed by atoms with Crippen LogP contribution >= 0.6 is 11.6 Å². The second kappa shape index (κ2) is 9.61. The third-order valence-corrected chi connectivity index (χ3v) is 6.01. The van der Waals surface area contributed by atoms with Crippen molar-refractivity contribution >= 4 is 11.6 Å². The minimum atomic E-state index is -0.162. The van der Waals surface area contributed by atoms with Crippen LogP contribution in [0.2, 0.25) is 5.02 Å². The van der Waals surface area contributed by atoms with Gasteiger partial charge in [0, 0.05) is 36.8 Å². The molecule has 1 fully saturated rings. The predicted molar refractivity (Wildman–Crippen MR) is 119 cm³/mol. The number of ether oxygens (including phenoxy) is 1. The van der Waals surface area contributed by atoms with E-state index in [9.17, 15) is 4.39 Å². The van der Waals surface area contributed by atoms with Gasteiger partial charge in [0.05, 0.1) is 13.3 Å². The lowest BCUT2D eigenvalue weighted by Gasteiger charge is -2.44. The zero-order valence-corrected chi connectivity index (χ0v) is 17.9. The molecular formula is C25H26ClFN2O.